The molecule has 100 valence electrons. The summed E-state index contributed by atoms with van der Waals surface area (Å²) in [5.41, 5.74) is 0. The van der Waals surface area contributed by atoms with Gasteiger partial charge in [0.05, 0.1) is 5.92 Å². The molecule has 0 bridgehead atoms. The van der Waals surface area contributed by atoms with E-state index in [9.17, 15) is 13.6 Å². The van der Waals surface area contributed by atoms with Gasteiger partial charge in [-0.15, -0.1) is 12.4 Å². The zero-order chi connectivity index (χ0) is 11.6. The van der Waals surface area contributed by atoms with E-state index in [0.717, 1.165) is 19.4 Å². The van der Waals surface area contributed by atoms with E-state index in [1.807, 2.05) is 0 Å². The third-order valence-electron chi connectivity index (χ3n) is 3.45. The molecule has 2 rings (SSSR count). The van der Waals surface area contributed by atoms with Crippen molar-refractivity contribution < 1.29 is 13.6 Å². The van der Waals surface area contributed by atoms with Crippen LogP contribution < -0.4 is 5.32 Å². The number of alkyl halides is 2. The van der Waals surface area contributed by atoms with Gasteiger partial charge in [-0.1, -0.05) is 0 Å². The summed E-state index contributed by atoms with van der Waals surface area (Å²) in [6, 6.07) is 0. The first-order valence-electron chi connectivity index (χ1n) is 5.96. The predicted molar refractivity (Wildman–Crippen MR) is 63.6 cm³/mol. The average Bonchev–Trinajstić information content (AvgIpc) is 2.29. The SMILES string of the molecule is Cl.O=C([C@@H]1CCCNC1)N1CCC(F)(F)CC1. The standard InChI is InChI=1S/C11H18F2N2O.ClH/c12-11(13)3-6-15(7-4-11)10(16)9-2-1-5-14-8-9;/h9,14H,1-8H2;1H/t9-;/m1./s1. The highest BCUT2D eigenvalue weighted by Gasteiger charge is 2.37. The fraction of sp³-hybridized carbons (Fsp3) is 0.909. The number of nitrogens with one attached hydrogen (secondary N) is 1. The molecule has 2 fully saturated rings. The molecule has 0 unspecified atom stereocenters. The summed E-state index contributed by atoms with van der Waals surface area (Å²) in [5.74, 6) is -2.51. The summed E-state index contributed by atoms with van der Waals surface area (Å²) in [7, 11) is 0. The van der Waals surface area contributed by atoms with Crippen LogP contribution in [0.25, 0.3) is 0 Å². The lowest BCUT2D eigenvalue weighted by Crippen LogP contribution is -2.48. The minimum absolute atomic E-state index is 0. The van der Waals surface area contributed by atoms with Crippen molar-refractivity contribution >= 4 is 18.3 Å². The van der Waals surface area contributed by atoms with Crippen LogP contribution in [-0.2, 0) is 4.79 Å². The quantitative estimate of drug-likeness (QED) is 0.785. The molecule has 0 aromatic heterocycles. The fourth-order valence-electron chi connectivity index (χ4n) is 2.38. The third-order valence-corrected chi connectivity index (χ3v) is 3.45. The highest BCUT2D eigenvalue weighted by molar-refractivity contribution is 5.85. The molecule has 0 aromatic rings. The maximum atomic E-state index is 12.9. The Labute approximate surface area is 106 Å². The lowest BCUT2D eigenvalue weighted by Gasteiger charge is -2.35. The Bertz CT molecular complexity index is 260. The smallest absolute Gasteiger partial charge is 0.251 e. The summed E-state index contributed by atoms with van der Waals surface area (Å²) < 4.78 is 25.9. The highest BCUT2D eigenvalue weighted by Crippen LogP contribution is 2.28. The number of halogens is 3. The van der Waals surface area contributed by atoms with Crippen molar-refractivity contribution in [1.82, 2.24) is 10.2 Å². The zero-order valence-corrected chi connectivity index (χ0v) is 10.6. The first kappa shape index (κ1) is 14.6. The first-order valence-corrected chi connectivity index (χ1v) is 5.96. The van der Waals surface area contributed by atoms with Gasteiger partial charge in [-0.05, 0) is 19.4 Å². The minimum atomic E-state index is -2.57. The number of likely N-dealkylation sites (tertiary alicyclic amines) is 1. The van der Waals surface area contributed by atoms with Crippen LogP contribution in [0.2, 0.25) is 0 Å². The van der Waals surface area contributed by atoms with Gasteiger partial charge in [-0.25, -0.2) is 8.78 Å². The molecule has 0 radical (unpaired) electrons. The molecule has 0 spiro atoms. The van der Waals surface area contributed by atoms with E-state index in [1.54, 1.807) is 4.90 Å². The van der Waals surface area contributed by atoms with E-state index in [4.69, 9.17) is 0 Å². The van der Waals surface area contributed by atoms with Crippen LogP contribution in [0, 0.1) is 5.92 Å². The first-order chi connectivity index (χ1) is 7.58. The van der Waals surface area contributed by atoms with Crippen LogP contribution in [0.1, 0.15) is 25.7 Å². The van der Waals surface area contributed by atoms with Gasteiger partial charge in [0.1, 0.15) is 0 Å². The second kappa shape index (κ2) is 5.96. The number of hydrogen-bond acceptors (Lipinski definition) is 2. The van der Waals surface area contributed by atoms with E-state index < -0.39 is 5.92 Å². The van der Waals surface area contributed by atoms with Gasteiger partial charge < -0.3 is 10.2 Å². The Balaban J connectivity index is 0.00000144. The second-order valence-electron chi connectivity index (χ2n) is 4.72. The van der Waals surface area contributed by atoms with Crippen molar-refractivity contribution in [3.05, 3.63) is 0 Å². The van der Waals surface area contributed by atoms with Crippen LogP contribution in [0.15, 0.2) is 0 Å². The summed E-state index contributed by atoms with van der Waals surface area (Å²) >= 11 is 0. The average molecular weight is 269 g/mol. The number of rotatable bonds is 1. The maximum absolute atomic E-state index is 12.9. The predicted octanol–water partition coefficient (Wildman–Crippen LogP) is 1.67. The Morgan fingerprint density at radius 2 is 1.94 bits per heavy atom. The number of carbonyl (C=O) groups is 1. The van der Waals surface area contributed by atoms with Crippen molar-refractivity contribution in [2.45, 2.75) is 31.6 Å². The summed E-state index contributed by atoms with van der Waals surface area (Å²) in [6.45, 7) is 2.08. The number of amides is 1. The molecule has 2 aliphatic rings. The van der Waals surface area contributed by atoms with E-state index in [1.165, 1.54) is 0 Å². The summed E-state index contributed by atoms with van der Waals surface area (Å²) in [4.78, 5) is 13.6. The lowest BCUT2D eigenvalue weighted by atomic mass is 9.96. The van der Waals surface area contributed by atoms with Crippen LogP contribution in [0.4, 0.5) is 8.78 Å². The Hall–Kier alpha value is -0.420. The minimum Gasteiger partial charge on any atom is -0.342 e. The van der Waals surface area contributed by atoms with Gasteiger partial charge in [-0.2, -0.15) is 0 Å². The van der Waals surface area contributed by atoms with Crippen LogP contribution in [0.5, 0.6) is 0 Å². The normalized spacial score (nSPS) is 28.4. The molecule has 0 aromatic carbocycles. The summed E-state index contributed by atoms with van der Waals surface area (Å²) in [6.07, 6.45) is 1.52. The molecule has 1 atom stereocenters. The molecule has 1 N–H and O–H groups in total. The van der Waals surface area contributed by atoms with Crippen molar-refractivity contribution in [1.29, 1.82) is 0 Å². The van der Waals surface area contributed by atoms with E-state index >= 15 is 0 Å². The van der Waals surface area contributed by atoms with Gasteiger partial charge in [0.2, 0.25) is 5.91 Å². The molecule has 6 heteroatoms. The Morgan fingerprint density at radius 1 is 1.29 bits per heavy atom. The van der Waals surface area contributed by atoms with Crippen LogP contribution in [-0.4, -0.2) is 42.9 Å². The van der Waals surface area contributed by atoms with Gasteiger partial charge >= 0.3 is 0 Å². The lowest BCUT2D eigenvalue weighted by molar-refractivity contribution is -0.142. The molecule has 0 aliphatic carbocycles. The molecule has 1 amide bonds. The van der Waals surface area contributed by atoms with Crippen molar-refractivity contribution in [3.8, 4) is 0 Å². The Morgan fingerprint density at radius 3 is 2.47 bits per heavy atom. The molecular formula is C11H19ClF2N2O. The number of nitrogens with zero attached hydrogens (tertiary/aromatic N) is 1. The fourth-order valence-corrected chi connectivity index (χ4v) is 2.38. The molecule has 0 saturated carbocycles. The van der Waals surface area contributed by atoms with Gasteiger partial charge in [0.25, 0.3) is 5.92 Å². The van der Waals surface area contributed by atoms with Gasteiger partial charge in [0.15, 0.2) is 0 Å². The summed E-state index contributed by atoms with van der Waals surface area (Å²) in [5, 5.41) is 3.18. The Kier molecular flexibility index (Phi) is 5.13. The molecule has 2 heterocycles. The van der Waals surface area contributed by atoms with Gasteiger partial charge in [0, 0.05) is 32.5 Å². The molecule has 17 heavy (non-hydrogen) atoms. The van der Waals surface area contributed by atoms with Crippen molar-refractivity contribution in [2.75, 3.05) is 26.2 Å². The third kappa shape index (κ3) is 3.78. The largest absolute Gasteiger partial charge is 0.342 e. The topological polar surface area (TPSA) is 32.3 Å². The molecule has 2 saturated heterocycles. The zero-order valence-electron chi connectivity index (χ0n) is 9.75. The maximum Gasteiger partial charge on any atom is 0.251 e. The number of hydrogen-bond donors (Lipinski definition) is 1. The molecular weight excluding hydrogens is 250 g/mol. The van der Waals surface area contributed by atoms with Gasteiger partial charge in [-0.3, -0.25) is 4.79 Å². The van der Waals surface area contributed by atoms with E-state index in [-0.39, 0.29) is 50.2 Å². The van der Waals surface area contributed by atoms with Crippen LogP contribution in [0.3, 0.4) is 0 Å². The van der Waals surface area contributed by atoms with Crippen LogP contribution >= 0.6 is 12.4 Å². The number of carbonyl (C=O) groups excluding carboxylic acids is 1. The monoisotopic (exact) mass is 268 g/mol. The van der Waals surface area contributed by atoms with Crippen molar-refractivity contribution in [3.63, 3.8) is 0 Å². The van der Waals surface area contributed by atoms with Crippen molar-refractivity contribution in [2.24, 2.45) is 5.92 Å². The van der Waals surface area contributed by atoms with E-state index in [0.29, 0.717) is 6.54 Å². The van der Waals surface area contributed by atoms with E-state index in [2.05, 4.69) is 5.32 Å². The molecule has 2 aliphatic heterocycles. The number of piperidine rings is 2. The molecule has 3 nitrogen and oxygen atoms in total. The highest BCUT2D eigenvalue weighted by atomic mass is 35.5. The second-order valence-corrected chi connectivity index (χ2v) is 4.72.